The molecule has 0 fully saturated rings. The van der Waals surface area contributed by atoms with E-state index in [1.807, 2.05) is 5.38 Å². The van der Waals surface area contributed by atoms with Gasteiger partial charge in [-0.1, -0.05) is 0 Å². The number of ether oxygens (including phenoxy) is 1. The van der Waals surface area contributed by atoms with Crippen molar-refractivity contribution in [3.8, 4) is 11.3 Å². The second-order valence-corrected chi connectivity index (χ2v) is 5.72. The summed E-state index contributed by atoms with van der Waals surface area (Å²) in [4.78, 5) is 27.6. The van der Waals surface area contributed by atoms with Gasteiger partial charge in [-0.2, -0.15) is 4.98 Å². The number of nitrogens with zero attached hydrogens (tertiary/aromatic N) is 3. The van der Waals surface area contributed by atoms with Crippen molar-refractivity contribution in [1.82, 2.24) is 14.6 Å². The first kappa shape index (κ1) is 16.1. The van der Waals surface area contributed by atoms with Gasteiger partial charge in [-0.25, -0.2) is 8.91 Å². The van der Waals surface area contributed by atoms with Crippen molar-refractivity contribution >= 4 is 34.1 Å². The fraction of sp³-hybridized carbons (Fsp3) is 0.200. The van der Waals surface area contributed by atoms with Crippen molar-refractivity contribution in [3.63, 3.8) is 0 Å². The molecule has 0 atom stereocenters. The fourth-order valence-electron chi connectivity index (χ4n) is 2.06. The lowest BCUT2D eigenvalue weighted by Gasteiger charge is -2.00. The smallest absolute Gasteiger partial charge is 0.306 e. The predicted octanol–water partition coefficient (Wildman–Crippen LogP) is 2.49. The molecule has 124 valence electrons. The summed E-state index contributed by atoms with van der Waals surface area (Å²) in [6.07, 6.45) is -0.0181. The number of hydrogen-bond donors (Lipinski definition) is 1. The minimum atomic E-state index is -0.456. The van der Waals surface area contributed by atoms with E-state index in [1.54, 1.807) is 16.6 Å². The van der Waals surface area contributed by atoms with Gasteiger partial charge in [0.05, 0.1) is 19.2 Å². The number of aromatic nitrogens is 3. The number of anilines is 1. The van der Waals surface area contributed by atoms with Gasteiger partial charge in [-0.05, 0) is 24.3 Å². The molecule has 3 rings (SSSR count). The molecule has 0 unspecified atom stereocenters. The quantitative estimate of drug-likeness (QED) is 0.716. The van der Waals surface area contributed by atoms with Crippen LogP contribution in [0.25, 0.3) is 16.2 Å². The molecule has 0 spiro atoms. The zero-order valence-electron chi connectivity index (χ0n) is 12.7. The van der Waals surface area contributed by atoms with Gasteiger partial charge < -0.3 is 4.74 Å². The van der Waals surface area contributed by atoms with Crippen LogP contribution in [0.3, 0.4) is 0 Å². The molecule has 0 radical (unpaired) electrons. The Kier molecular flexibility index (Phi) is 4.52. The number of amides is 1. The van der Waals surface area contributed by atoms with E-state index < -0.39 is 5.97 Å². The summed E-state index contributed by atoms with van der Waals surface area (Å²) in [5.41, 5.74) is 1.54. The number of fused-ring (bicyclic) bond motifs is 1. The Balaban J connectivity index is 1.76. The Labute approximate surface area is 140 Å². The van der Waals surface area contributed by atoms with Crippen molar-refractivity contribution in [2.24, 2.45) is 0 Å². The van der Waals surface area contributed by atoms with E-state index in [0.717, 1.165) is 11.3 Å². The summed E-state index contributed by atoms with van der Waals surface area (Å²) >= 11 is 1.35. The van der Waals surface area contributed by atoms with E-state index in [1.165, 1.54) is 30.6 Å². The van der Waals surface area contributed by atoms with Crippen LogP contribution in [0.5, 0.6) is 0 Å². The monoisotopic (exact) mass is 348 g/mol. The van der Waals surface area contributed by atoms with Crippen LogP contribution in [-0.4, -0.2) is 33.6 Å². The van der Waals surface area contributed by atoms with Gasteiger partial charge in [0.15, 0.2) is 0 Å². The highest BCUT2D eigenvalue weighted by Gasteiger charge is 2.14. The lowest BCUT2D eigenvalue weighted by Crippen LogP contribution is -2.14. The number of halogens is 1. The van der Waals surface area contributed by atoms with E-state index in [2.05, 4.69) is 20.1 Å². The standard InChI is InChI=1S/C15H13FN4O3S/c1-23-13(22)7-6-12(21)17-14-18-15-20(19-14)11(8-24-15)9-2-4-10(16)5-3-9/h2-5,8H,6-7H2,1H3,(H,17,19,21). The maximum absolute atomic E-state index is 13.0. The van der Waals surface area contributed by atoms with Crippen molar-refractivity contribution < 1.29 is 18.7 Å². The largest absolute Gasteiger partial charge is 0.469 e. The molecule has 1 aromatic carbocycles. The number of carbonyl (C=O) groups excluding carboxylic acids is 2. The second kappa shape index (κ2) is 6.75. The molecule has 0 saturated carbocycles. The Bertz CT molecular complexity index is 888. The molecular weight excluding hydrogens is 335 g/mol. The highest BCUT2D eigenvalue weighted by Crippen LogP contribution is 2.26. The summed E-state index contributed by atoms with van der Waals surface area (Å²) < 4.78 is 19.1. The Hall–Kier alpha value is -2.81. The van der Waals surface area contributed by atoms with E-state index in [-0.39, 0.29) is 30.5 Å². The molecular formula is C15H13FN4O3S. The van der Waals surface area contributed by atoms with Gasteiger partial charge in [0.1, 0.15) is 5.82 Å². The van der Waals surface area contributed by atoms with Crippen LogP contribution >= 0.6 is 11.3 Å². The van der Waals surface area contributed by atoms with E-state index in [0.29, 0.717) is 4.96 Å². The van der Waals surface area contributed by atoms with Crippen molar-refractivity contribution in [2.75, 3.05) is 12.4 Å². The molecule has 0 saturated heterocycles. The number of hydrogen-bond acceptors (Lipinski definition) is 6. The number of esters is 1. The Morgan fingerprint density at radius 2 is 2.04 bits per heavy atom. The third-order valence-corrected chi connectivity index (χ3v) is 4.07. The molecule has 24 heavy (non-hydrogen) atoms. The van der Waals surface area contributed by atoms with Crippen LogP contribution in [-0.2, 0) is 14.3 Å². The van der Waals surface area contributed by atoms with Crippen LogP contribution in [0, 0.1) is 5.82 Å². The zero-order valence-corrected chi connectivity index (χ0v) is 13.5. The molecule has 2 aromatic heterocycles. The molecule has 3 aromatic rings. The van der Waals surface area contributed by atoms with Crippen molar-refractivity contribution in [3.05, 3.63) is 35.5 Å². The first-order valence-electron chi connectivity index (χ1n) is 7.03. The lowest BCUT2D eigenvalue weighted by molar-refractivity contribution is -0.141. The number of thiazole rings is 1. The highest BCUT2D eigenvalue weighted by molar-refractivity contribution is 7.15. The van der Waals surface area contributed by atoms with Gasteiger partial charge >= 0.3 is 5.97 Å². The third kappa shape index (κ3) is 3.40. The molecule has 9 heteroatoms. The van der Waals surface area contributed by atoms with Crippen LogP contribution in [0.1, 0.15) is 12.8 Å². The average Bonchev–Trinajstić information content (AvgIpc) is 3.13. The van der Waals surface area contributed by atoms with Crippen LogP contribution in [0.2, 0.25) is 0 Å². The molecule has 7 nitrogen and oxygen atoms in total. The number of nitrogens with one attached hydrogen (secondary N) is 1. The highest BCUT2D eigenvalue weighted by atomic mass is 32.1. The van der Waals surface area contributed by atoms with Crippen LogP contribution in [0.15, 0.2) is 29.6 Å². The summed E-state index contributed by atoms with van der Waals surface area (Å²) in [5.74, 6) is -0.994. The lowest BCUT2D eigenvalue weighted by atomic mass is 10.2. The van der Waals surface area contributed by atoms with E-state index in [9.17, 15) is 14.0 Å². The van der Waals surface area contributed by atoms with Gasteiger partial charge in [-0.15, -0.1) is 16.4 Å². The van der Waals surface area contributed by atoms with Gasteiger partial charge in [-0.3, -0.25) is 14.9 Å². The van der Waals surface area contributed by atoms with Gasteiger partial charge in [0.2, 0.25) is 16.8 Å². The minimum absolute atomic E-state index is 0.00855. The minimum Gasteiger partial charge on any atom is -0.469 e. The normalized spacial score (nSPS) is 10.8. The van der Waals surface area contributed by atoms with Crippen LogP contribution < -0.4 is 5.32 Å². The molecule has 0 aliphatic rings. The summed E-state index contributed by atoms with van der Waals surface area (Å²) in [6, 6.07) is 6.02. The number of rotatable bonds is 5. The molecule has 1 N–H and O–H groups in total. The summed E-state index contributed by atoms with van der Waals surface area (Å²) in [7, 11) is 1.27. The number of benzene rings is 1. The molecule has 0 aliphatic heterocycles. The number of carbonyl (C=O) groups is 2. The molecule has 2 heterocycles. The van der Waals surface area contributed by atoms with Gasteiger partial charge in [0, 0.05) is 17.4 Å². The molecule has 0 bridgehead atoms. The number of methoxy groups -OCH3 is 1. The Morgan fingerprint density at radius 3 is 2.75 bits per heavy atom. The Morgan fingerprint density at radius 1 is 1.29 bits per heavy atom. The predicted molar refractivity (Wildman–Crippen MR) is 86.1 cm³/mol. The van der Waals surface area contributed by atoms with Gasteiger partial charge in [0.25, 0.3) is 0 Å². The first-order chi connectivity index (χ1) is 11.6. The summed E-state index contributed by atoms with van der Waals surface area (Å²) in [6.45, 7) is 0. The molecule has 1 amide bonds. The summed E-state index contributed by atoms with van der Waals surface area (Å²) in [5, 5.41) is 8.63. The van der Waals surface area contributed by atoms with E-state index >= 15 is 0 Å². The maximum atomic E-state index is 13.0. The second-order valence-electron chi connectivity index (χ2n) is 4.88. The molecule has 0 aliphatic carbocycles. The topological polar surface area (TPSA) is 85.6 Å². The van der Waals surface area contributed by atoms with Crippen molar-refractivity contribution in [1.29, 1.82) is 0 Å². The zero-order chi connectivity index (χ0) is 17.1. The van der Waals surface area contributed by atoms with E-state index in [4.69, 9.17) is 0 Å². The average molecular weight is 348 g/mol. The van der Waals surface area contributed by atoms with Crippen LogP contribution in [0.4, 0.5) is 10.3 Å². The SMILES string of the molecule is COC(=O)CCC(=O)Nc1nc2scc(-c3ccc(F)cc3)n2n1. The first-order valence-corrected chi connectivity index (χ1v) is 7.91. The maximum Gasteiger partial charge on any atom is 0.306 e. The third-order valence-electron chi connectivity index (χ3n) is 3.26. The van der Waals surface area contributed by atoms with Crippen molar-refractivity contribution in [2.45, 2.75) is 12.8 Å². The fourth-order valence-corrected chi connectivity index (χ4v) is 2.89.